The number of hydrogen-bond acceptors (Lipinski definition) is 7. The van der Waals surface area contributed by atoms with Crippen molar-refractivity contribution < 1.29 is 4.74 Å². The maximum Gasteiger partial charge on any atom is 0.250 e. The van der Waals surface area contributed by atoms with Crippen LogP contribution < -0.4 is 4.90 Å². The van der Waals surface area contributed by atoms with Crippen LogP contribution in [0.2, 0.25) is 0 Å². The molecular formula is C15H18N8O. The van der Waals surface area contributed by atoms with Crippen LogP contribution in [0.5, 0.6) is 0 Å². The molecule has 1 N–H and O–H groups in total. The van der Waals surface area contributed by atoms with Crippen molar-refractivity contribution in [3.8, 4) is 5.69 Å². The number of H-pyrrole nitrogens is 1. The van der Waals surface area contributed by atoms with Gasteiger partial charge in [0.15, 0.2) is 0 Å². The van der Waals surface area contributed by atoms with E-state index in [1.165, 1.54) is 5.56 Å². The first-order valence-electron chi connectivity index (χ1n) is 7.75. The second-order valence-electron chi connectivity index (χ2n) is 5.91. The Balaban J connectivity index is 1.63. The van der Waals surface area contributed by atoms with Gasteiger partial charge in [0, 0.05) is 20.2 Å². The Kier molecular flexibility index (Phi) is 3.69. The first-order valence-corrected chi connectivity index (χ1v) is 7.75. The number of anilines is 1. The lowest BCUT2D eigenvalue weighted by atomic mass is 10.0. The molecular weight excluding hydrogens is 308 g/mol. The van der Waals surface area contributed by atoms with Gasteiger partial charge in [-0.1, -0.05) is 22.8 Å². The van der Waals surface area contributed by atoms with Gasteiger partial charge in [0.25, 0.3) is 0 Å². The van der Waals surface area contributed by atoms with Gasteiger partial charge >= 0.3 is 0 Å². The summed E-state index contributed by atoms with van der Waals surface area (Å²) in [5.74, 6) is 0.823. The topological polar surface area (TPSA) is 97.6 Å². The summed E-state index contributed by atoms with van der Waals surface area (Å²) in [5.41, 5.74) is 3.01. The molecule has 9 nitrogen and oxygen atoms in total. The number of hydrogen-bond donors (Lipinski definition) is 1. The summed E-state index contributed by atoms with van der Waals surface area (Å²) in [6.07, 6.45) is 1.75. The molecule has 24 heavy (non-hydrogen) atoms. The second-order valence-corrected chi connectivity index (χ2v) is 5.91. The Morgan fingerprint density at radius 2 is 2.04 bits per heavy atom. The summed E-state index contributed by atoms with van der Waals surface area (Å²) in [7, 11) is 1.71. The minimum absolute atomic E-state index is 0.0123. The predicted molar refractivity (Wildman–Crippen MR) is 86.0 cm³/mol. The zero-order chi connectivity index (χ0) is 16.5. The van der Waals surface area contributed by atoms with Crippen LogP contribution in [0.4, 0.5) is 5.95 Å². The summed E-state index contributed by atoms with van der Waals surface area (Å²) in [6.45, 7) is 3.47. The van der Waals surface area contributed by atoms with Gasteiger partial charge in [-0.3, -0.25) is 0 Å². The van der Waals surface area contributed by atoms with Crippen molar-refractivity contribution >= 4 is 5.95 Å². The molecule has 0 bridgehead atoms. The average molecular weight is 326 g/mol. The van der Waals surface area contributed by atoms with E-state index in [0.29, 0.717) is 12.5 Å². The summed E-state index contributed by atoms with van der Waals surface area (Å²) in [4.78, 5) is 2.12. The molecule has 1 saturated heterocycles. The molecule has 1 fully saturated rings. The minimum atomic E-state index is 0.0123. The highest BCUT2D eigenvalue weighted by Crippen LogP contribution is 2.31. The fraction of sp³-hybridized carbons (Fsp3) is 0.400. The predicted octanol–water partition coefficient (Wildman–Crippen LogP) is 0.708. The highest BCUT2D eigenvalue weighted by atomic mass is 16.5. The Hall–Kier alpha value is -2.81. The molecule has 2 atom stereocenters. The molecule has 9 heteroatoms. The van der Waals surface area contributed by atoms with Crippen molar-refractivity contribution in [2.75, 3.05) is 25.1 Å². The number of aryl methyl sites for hydroxylation is 1. The van der Waals surface area contributed by atoms with Crippen LogP contribution >= 0.6 is 0 Å². The largest absolute Gasteiger partial charge is 0.379 e. The molecule has 0 amide bonds. The second kappa shape index (κ2) is 6.00. The van der Waals surface area contributed by atoms with Crippen LogP contribution in [0.15, 0.2) is 30.5 Å². The number of methoxy groups -OCH3 is 1. The van der Waals surface area contributed by atoms with E-state index in [4.69, 9.17) is 4.74 Å². The van der Waals surface area contributed by atoms with E-state index in [1.54, 1.807) is 18.0 Å². The zero-order valence-electron chi connectivity index (χ0n) is 13.5. The summed E-state index contributed by atoms with van der Waals surface area (Å²) in [6, 6.07) is 8.10. The molecule has 0 saturated carbocycles. The lowest BCUT2D eigenvalue weighted by molar-refractivity contribution is 0.105. The van der Waals surface area contributed by atoms with Crippen molar-refractivity contribution in [2.24, 2.45) is 0 Å². The lowest BCUT2D eigenvalue weighted by Gasteiger charge is -2.16. The van der Waals surface area contributed by atoms with Crippen molar-refractivity contribution in [1.29, 1.82) is 0 Å². The molecule has 1 aliphatic heterocycles. The molecule has 1 aliphatic rings. The number of aromatic nitrogens is 7. The van der Waals surface area contributed by atoms with Crippen LogP contribution in [-0.2, 0) is 4.74 Å². The third-order valence-electron chi connectivity index (χ3n) is 4.40. The van der Waals surface area contributed by atoms with E-state index in [1.807, 2.05) is 24.3 Å². The van der Waals surface area contributed by atoms with Gasteiger partial charge in [0.2, 0.25) is 5.95 Å². The van der Waals surface area contributed by atoms with Crippen LogP contribution in [0, 0.1) is 6.92 Å². The number of nitrogens with zero attached hydrogens (tertiary/aromatic N) is 7. The fourth-order valence-electron chi connectivity index (χ4n) is 3.08. The van der Waals surface area contributed by atoms with Crippen LogP contribution in [0.1, 0.15) is 17.2 Å². The highest BCUT2D eigenvalue weighted by molar-refractivity contribution is 5.43. The van der Waals surface area contributed by atoms with E-state index in [2.05, 4.69) is 42.8 Å². The van der Waals surface area contributed by atoms with Crippen LogP contribution in [-0.4, -0.2) is 61.9 Å². The number of aromatic amines is 1. The van der Waals surface area contributed by atoms with E-state index >= 15 is 0 Å². The quantitative estimate of drug-likeness (QED) is 0.754. The molecule has 0 spiro atoms. The van der Waals surface area contributed by atoms with Gasteiger partial charge in [0.1, 0.15) is 0 Å². The Labute approximate surface area is 138 Å². The van der Waals surface area contributed by atoms with Crippen molar-refractivity contribution in [2.45, 2.75) is 18.9 Å². The van der Waals surface area contributed by atoms with Gasteiger partial charge in [-0.2, -0.15) is 20.1 Å². The molecule has 3 aromatic rings. The molecule has 0 radical (unpaired) electrons. The first-order chi connectivity index (χ1) is 11.8. The maximum atomic E-state index is 5.64. The molecule has 124 valence electrons. The Morgan fingerprint density at radius 1 is 1.21 bits per heavy atom. The SMILES string of the molecule is CO[C@@H]1CN(c2nnnn2-c2ccc(C)cc2)C[C@H]1c1cn[nH]n1. The van der Waals surface area contributed by atoms with Crippen molar-refractivity contribution in [1.82, 2.24) is 35.6 Å². The normalized spacial score (nSPS) is 20.7. The van der Waals surface area contributed by atoms with Crippen LogP contribution in [0.25, 0.3) is 5.69 Å². The smallest absolute Gasteiger partial charge is 0.250 e. The van der Waals surface area contributed by atoms with E-state index in [9.17, 15) is 0 Å². The third-order valence-corrected chi connectivity index (χ3v) is 4.40. The van der Waals surface area contributed by atoms with E-state index in [-0.39, 0.29) is 12.0 Å². The van der Waals surface area contributed by atoms with Gasteiger partial charge in [0.05, 0.1) is 29.6 Å². The average Bonchev–Trinajstić information content (AvgIpc) is 3.34. The van der Waals surface area contributed by atoms with Gasteiger partial charge in [-0.15, -0.1) is 0 Å². The van der Waals surface area contributed by atoms with Gasteiger partial charge in [-0.05, 0) is 29.5 Å². The molecule has 3 heterocycles. The number of rotatable bonds is 4. The first kappa shape index (κ1) is 14.8. The third kappa shape index (κ3) is 2.52. The standard InChI is InChI=1S/C15H18N8O/c1-10-3-5-11(6-4-10)23-15(18-20-21-23)22-8-12(14(9-22)24-2)13-7-16-19-17-13/h3-7,12,14H,8-9H2,1-2H3,(H,16,17,19)/t12-,14+/m0/s1. The van der Waals surface area contributed by atoms with Crippen molar-refractivity contribution in [3.05, 3.63) is 41.7 Å². The molecule has 2 aromatic heterocycles. The Morgan fingerprint density at radius 3 is 2.75 bits per heavy atom. The van der Waals surface area contributed by atoms with Gasteiger partial charge < -0.3 is 9.64 Å². The zero-order valence-corrected chi connectivity index (χ0v) is 13.5. The van der Waals surface area contributed by atoms with Crippen LogP contribution in [0.3, 0.4) is 0 Å². The number of benzene rings is 1. The van der Waals surface area contributed by atoms with Gasteiger partial charge in [-0.25, -0.2) is 0 Å². The molecule has 4 rings (SSSR count). The minimum Gasteiger partial charge on any atom is -0.379 e. The number of ether oxygens (including phenoxy) is 1. The molecule has 1 aromatic carbocycles. The summed E-state index contributed by atoms with van der Waals surface area (Å²) >= 11 is 0. The summed E-state index contributed by atoms with van der Waals surface area (Å²) in [5, 5.41) is 23.0. The molecule has 0 aliphatic carbocycles. The number of tetrazole rings is 1. The summed E-state index contributed by atoms with van der Waals surface area (Å²) < 4.78 is 7.38. The highest BCUT2D eigenvalue weighted by Gasteiger charge is 2.37. The van der Waals surface area contributed by atoms with E-state index in [0.717, 1.165) is 17.9 Å². The fourth-order valence-corrected chi connectivity index (χ4v) is 3.08. The number of nitrogens with one attached hydrogen (secondary N) is 1. The molecule has 0 unspecified atom stereocenters. The van der Waals surface area contributed by atoms with E-state index < -0.39 is 0 Å². The Bertz CT molecular complexity index is 797. The monoisotopic (exact) mass is 326 g/mol. The lowest BCUT2D eigenvalue weighted by Crippen LogP contribution is -2.25. The maximum absolute atomic E-state index is 5.64. The van der Waals surface area contributed by atoms with Crippen molar-refractivity contribution in [3.63, 3.8) is 0 Å².